The van der Waals surface area contributed by atoms with E-state index in [1.807, 2.05) is 55.5 Å². The molecule has 0 unspecified atom stereocenters. The van der Waals surface area contributed by atoms with Gasteiger partial charge in [0.25, 0.3) is 0 Å². The lowest BCUT2D eigenvalue weighted by molar-refractivity contribution is 0.269. The maximum Gasteiger partial charge on any atom is 0.161 e. The molecule has 146 valence electrons. The van der Waals surface area contributed by atoms with Crippen LogP contribution in [0.2, 0.25) is 10.0 Å². The highest BCUT2D eigenvalue weighted by Gasteiger charge is 2.08. The van der Waals surface area contributed by atoms with E-state index in [1.165, 1.54) is 0 Å². The lowest BCUT2D eigenvalue weighted by atomic mass is 10.2. The zero-order valence-electron chi connectivity index (χ0n) is 15.3. The second-order valence-electron chi connectivity index (χ2n) is 6.11. The molecule has 0 saturated heterocycles. The standard InChI is InChI=1S/C22H20BrCl2NO2/c1-2-27-22-11-16(13-26-20-9-8-18(24)12-19(20)25)5-10-21(22)28-14-15-3-6-17(23)7-4-15/h3-12,26H,2,13-14H2,1H3. The zero-order valence-corrected chi connectivity index (χ0v) is 18.4. The van der Waals surface area contributed by atoms with Crippen LogP contribution in [0.4, 0.5) is 5.69 Å². The highest BCUT2D eigenvalue weighted by atomic mass is 79.9. The Bertz CT molecular complexity index is 932. The fourth-order valence-corrected chi connectivity index (χ4v) is 3.36. The minimum Gasteiger partial charge on any atom is -0.490 e. The predicted octanol–water partition coefficient (Wildman–Crippen LogP) is 7.35. The third-order valence-electron chi connectivity index (χ3n) is 4.03. The van der Waals surface area contributed by atoms with Crippen LogP contribution in [0.5, 0.6) is 11.5 Å². The SMILES string of the molecule is CCOc1cc(CNc2ccc(Cl)cc2Cl)ccc1OCc1ccc(Br)cc1. The molecule has 0 bridgehead atoms. The molecule has 0 aliphatic carbocycles. The Morgan fingerprint density at radius 2 is 1.61 bits per heavy atom. The first-order chi connectivity index (χ1) is 13.5. The molecule has 0 aliphatic rings. The summed E-state index contributed by atoms with van der Waals surface area (Å²) in [4.78, 5) is 0. The first-order valence-electron chi connectivity index (χ1n) is 8.87. The fraction of sp³-hybridized carbons (Fsp3) is 0.182. The predicted molar refractivity (Wildman–Crippen MR) is 120 cm³/mol. The monoisotopic (exact) mass is 479 g/mol. The number of hydrogen-bond acceptors (Lipinski definition) is 3. The van der Waals surface area contributed by atoms with Crippen molar-refractivity contribution in [1.82, 2.24) is 0 Å². The molecule has 3 aromatic rings. The van der Waals surface area contributed by atoms with Crippen molar-refractivity contribution in [1.29, 1.82) is 0 Å². The molecule has 0 spiro atoms. The van der Waals surface area contributed by atoms with Crippen molar-refractivity contribution in [2.24, 2.45) is 0 Å². The van der Waals surface area contributed by atoms with Crippen molar-refractivity contribution in [2.75, 3.05) is 11.9 Å². The van der Waals surface area contributed by atoms with Gasteiger partial charge in [-0.25, -0.2) is 0 Å². The van der Waals surface area contributed by atoms with Gasteiger partial charge in [0, 0.05) is 16.0 Å². The Morgan fingerprint density at radius 3 is 2.32 bits per heavy atom. The van der Waals surface area contributed by atoms with Crippen molar-refractivity contribution in [3.8, 4) is 11.5 Å². The molecular formula is C22H20BrCl2NO2. The van der Waals surface area contributed by atoms with Crippen LogP contribution < -0.4 is 14.8 Å². The van der Waals surface area contributed by atoms with Gasteiger partial charge in [-0.3, -0.25) is 0 Å². The minimum absolute atomic E-state index is 0.478. The first-order valence-corrected chi connectivity index (χ1v) is 10.4. The Hall–Kier alpha value is -1.88. The second-order valence-corrected chi connectivity index (χ2v) is 7.87. The molecule has 0 aromatic heterocycles. The molecule has 6 heteroatoms. The smallest absolute Gasteiger partial charge is 0.161 e. The summed E-state index contributed by atoms with van der Waals surface area (Å²) in [5, 5.41) is 4.52. The molecule has 0 saturated carbocycles. The average Bonchev–Trinajstić information content (AvgIpc) is 2.68. The molecular weight excluding hydrogens is 461 g/mol. The van der Waals surface area contributed by atoms with E-state index in [-0.39, 0.29) is 0 Å². The van der Waals surface area contributed by atoms with E-state index >= 15 is 0 Å². The van der Waals surface area contributed by atoms with Crippen LogP contribution in [0.25, 0.3) is 0 Å². The van der Waals surface area contributed by atoms with Crippen LogP contribution in [0, 0.1) is 0 Å². The summed E-state index contributed by atoms with van der Waals surface area (Å²) in [6.45, 7) is 3.60. The first kappa shape index (κ1) is 20.8. The Balaban J connectivity index is 1.68. The van der Waals surface area contributed by atoms with Crippen molar-refractivity contribution in [2.45, 2.75) is 20.1 Å². The molecule has 28 heavy (non-hydrogen) atoms. The van der Waals surface area contributed by atoms with Gasteiger partial charge in [-0.1, -0.05) is 57.3 Å². The lowest BCUT2D eigenvalue weighted by Crippen LogP contribution is -2.03. The Labute approximate surface area is 183 Å². The van der Waals surface area contributed by atoms with E-state index in [4.69, 9.17) is 32.7 Å². The van der Waals surface area contributed by atoms with E-state index < -0.39 is 0 Å². The Kier molecular flexibility index (Phi) is 7.49. The number of anilines is 1. The van der Waals surface area contributed by atoms with E-state index in [9.17, 15) is 0 Å². The van der Waals surface area contributed by atoms with E-state index in [0.717, 1.165) is 32.8 Å². The van der Waals surface area contributed by atoms with Gasteiger partial charge in [0.15, 0.2) is 11.5 Å². The van der Waals surface area contributed by atoms with Crippen LogP contribution in [-0.2, 0) is 13.2 Å². The normalized spacial score (nSPS) is 10.6. The molecule has 0 atom stereocenters. The van der Waals surface area contributed by atoms with E-state index in [1.54, 1.807) is 12.1 Å². The number of nitrogens with one attached hydrogen (secondary N) is 1. The zero-order chi connectivity index (χ0) is 19.9. The quantitative estimate of drug-likeness (QED) is 0.365. The summed E-state index contributed by atoms with van der Waals surface area (Å²) >= 11 is 15.6. The summed E-state index contributed by atoms with van der Waals surface area (Å²) in [5.41, 5.74) is 2.99. The highest BCUT2D eigenvalue weighted by molar-refractivity contribution is 9.10. The van der Waals surface area contributed by atoms with Gasteiger partial charge in [0.1, 0.15) is 6.61 Å². The van der Waals surface area contributed by atoms with Gasteiger partial charge >= 0.3 is 0 Å². The second kappa shape index (κ2) is 10.1. The summed E-state index contributed by atoms with van der Waals surface area (Å²) in [5.74, 6) is 1.44. The average molecular weight is 481 g/mol. The number of benzene rings is 3. The minimum atomic E-state index is 0.478. The van der Waals surface area contributed by atoms with Crippen LogP contribution >= 0.6 is 39.1 Å². The summed E-state index contributed by atoms with van der Waals surface area (Å²) in [6, 6.07) is 19.4. The van der Waals surface area contributed by atoms with Gasteiger partial charge < -0.3 is 14.8 Å². The molecule has 0 heterocycles. The number of ether oxygens (including phenoxy) is 2. The largest absolute Gasteiger partial charge is 0.490 e. The summed E-state index contributed by atoms with van der Waals surface area (Å²) in [7, 11) is 0. The number of halogens is 3. The van der Waals surface area contributed by atoms with Crippen molar-refractivity contribution >= 4 is 44.8 Å². The third kappa shape index (κ3) is 5.81. The van der Waals surface area contributed by atoms with Crippen LogP contribution in [0.15, 0.2) is 65.1 Å². The molecule has 0 amide bonds. The third-order valence-corrected chi connectivity index (χ3v) is 5.11. The Morgan fingerprint density at radius 1 is 0.857 bits per heavy atom. The van der Waals surface area contributed by atoms with Crippen LogP contribution in [0.1, 0.15) is 18.1 Å². The van der Waals surface area contributed by atoms with E-state index in [2.05, 4.69) is 21.2 Å². The number of hydrogen-bond donors (Lipinski definition) is 1. The maximum atomic E-state index is 6.22. The highest BCUT2D eigenvalue weighted by Crippen LogP contribution is 2.31. The van der Waals surface area contributed by atoms with Gasteiger partial charge in [-0.15, -0.1) is 0 Å². The molecule has 0 radical (unpaired) electrons. The molecule has 3 aromatic carbocycles. The summed E-state index contributed by atoms with van der Waals surface area (Å²) in [6.07, 6.45) is 0. The van der Waals surface area contributed by atoms with Crippen molar-refractivity contribution in [3.05, 3.63) is 86.3 Å². The van der Waals surface area contributed by atoms with Crippen molar-refractivity contribution in [3.63, 3.8) is 0 Å². The van der Waals surface area contributed by atoms with Gasteiger partial charge in [-0.05, 0) is 60.5 Å². The topological polar surface area (TPSA) is 30.5 Å². The lowest BCUT2D eigenvalue weighted by Gasteiger charge is -2.14. The maximum absolute atomic E-state index is 6.22. The van der Waals surface area contributed by atoms with Crippen molar-refractivity contribution < 1.29 is 9.47 Å². The summed E-state index contributed by atoms with van der Waals surface area (Å²) < 4.78 is 12.8. The van der Waals surface area contributed by atoms with E-state index in [0.29, 0.717) is 29.8 Å². The van der Waals surface area contributed by atoms with Crippen LogP contribution in [0.3, 0.4) is 0 Å². The van der Waals surface area contributed by atoms with Gasteiger partial charge in [-0.2, -0.15) is 0 Å². The molecule has 3 rings (SSSR count). The molecule has 0 aliphatic heterocycles. The van der Waals surface area contributed by atoms with Gasteiger partial charge in [0.2, 0.25) is 0 Å². The molecule has 0 fully saturated rings. The molecule has 1 N–H and O–H groups in total. The van der Waals surface area contributed by atoms with Gasteiger partial charge in [0.05, 0.1) is 17.3 Å². The van der Waals surface area contributed by atoms with Crippen LogP contribution in [-0.4, -0.2) is 6.61 Å². The molecule has 3 nitrogen and oxygen atoms in total. The number of rotatable bonds is 8. The fourth-order valence-electron chi connectivity index (χ4n) is 2.62.